The minimum absolute atomic E-state index is 0.0531. The van der Waals surface area contributed by atoms with Crippen molar-refractivity contribution in [3.63, 3.8) is 0 Å². The van der Waals surface area contributed by atoms with Crippen LogP contribution in [0.5, 0.6) is 11.5 Å². The van der Waals surface area contributed by atoms with E-state index in [1.54, 1.807) is 30.3 Å². The third-order valence-corrected chi connectivity index (χ3v) is 7.35. The van der Waals surface area contributed by atoms with Gasteiger partial charge in [-0.15, -0.1) is 0 Å². The van der Waals surface area contributed by atoms with E-state index in [0.29, 0.717) is 11.5 Å². The molecule has 0 spiro atoms. The highest BCUT2D eigenvalue weighted by Gasteiger charge is 2.34. The number of rotatable bonds is 12. The van der Waals surface area contributed by atoms with Crippen LogP contribution in [0.4, 0.5) is 0 Å². The number of carbonyl (C=O) groups is 1. The molecule has 2 atom stereocenters. The topological polar surface area (TPSA) is 111 Å². The van der Waals surface area contributed by atoms with Crippen LogP contribution in [0.2, 0.25) is 0 Å². The predicted octanol–water partition coefficient (Wildman–Crippen LogP) is 4.40. The molecular formula is C30H29NO7S. The maximum atomic E-state index is 12.9. The number of hydrogen-bond acceptors (Lipinski definition) is 7. The van der Waals surface area contributed by atoms with Crippen molar-refractivity contribution >= 4 is 16.0 Å². The zero-order valence-electron chi connectivity index (χ0n) is 21.3. The minimum Gasteiger partial charge on any atom is -0.485 e. The third kappa shape index (κ3) is 7.44. The first-order valence-corrected chi connectivity index (χ1v) is 13.7. The number of methoxy groups -OCH3 is 1. The second kappa shape index (κ2) is 13.1. The van der Waals surface area contributed by atoms with Gasteiger partial charge < -0.3 is 19.3 Å². The van der Waals surface area contributed by atoms with E-state index in [0.717, 1.165) is 18.2 Å². The Morgan fingerprint density at radius 2 is 1.28 bits per heavy atom. The number of aliphatic hydroxyl groups excluding tert-OH is 1. The van der Waals surface area contributed by atoms with Crippen LogP contribution in [-0.4, -0.2) is 32.6 Å². The second-order valence-corrected chi connectivity index (χ2v) is 10.3. The van der Waals surface area contributed by atoms with E-state index in [-0.39, 0.29) is 23.7 Å². The van der Waals surface area contributed by atoms with E-state index in [9.17, 15) is 18.3 Å². The molecule has 2 N–H and O–H groups in total. The molecule has 8 nitrogen and oxygen atoms in total. The van der Waals surface area contributed by atoms with Crippen LogP contribution in [0.3, 0.4) is 0 Å². The smallest absolute Gasteiger partial charge is 0.326 e. The number of sulfonamides is 1. The van der Waals surface area contributed by atoms with E-state index in [1.807, 2.05) is 60.7 Å². The van der Waals surface area contributed by atoms with Crippen molar-refractivity contribution in [3.8, 4) is 11.5 Å². The molecule has 0 fully saturated rings. The Kier molecular flexibility index (Phi) is 9.32. The Morgan fingerprint density at radius 3 is 1.82 bits per heavy atom. The maximum absolute atomic E-state index is 12.9. The normalized spacial score (nSPS) is 12.8. The van der Waals surface area contributed by atoms with E-state index in [1.165, 1.54) is 18.2 Å². The van der Waals surface area contributed by atoms with Crippen LogP contribution < -0.4 is 14.2 Å². The van der Waals surface area contributed by atoms with Gasteiger partial charge in [-0.3, -0.25) is 4.79 Å². The molecule has 202 valence electrons. The lowest BCUT2D eigenvalue weighted by molar-refractivity contribution is -0.145. The number of aliphatic hydroxyl groups is 1. The summed E-state index contributed by atoms with van der Waals surface area (Å²) in [5.74, 6) is -0.204. The molecule has 4 rings (SSSR count). The van der Waals surface area contributed by atoms with Gasteiger partial charge in [0, 0.05) is 0 Å². The maximum Gasteiger partial charge on any atom is 0.326 e. The monoisotopic (exact) mass is 547 g/mol. The van der Waals surface area contributed by atoms with Gasteiger partial charge in [0.15, 0.2) is 11.5 Å². The predicted molar refractivity (Wildman–Crippen MR) is 146 cm³/mol. The van der Waals surface area contributed by atoms with Gasteiger partial charge in [0.05, 0.1) is 12.0 Å². The van der Waals surface area contributed by atoms with Crippen molar-refractivity contribution in [1.82, 2.24) is 4.72 Å². The van der Waals surface area contributed by atoms with Crippen LogP contribution in [0.1, 0.15) is 22.8 Å². The first-order chi connectivity index (χ1) is 18.9. The second-order valence-electron chi connectivity index (χ2n) is 8.63. The average Bonchev–Trinajstić information content (AvgIpc) is 2.98. The Bertz CT molecular complexity index is 1460. The lowest BCUT2D eigenvalue weighted by atomic mass is 10.0. The highest BCUT2D eigenvalue weighted by molar-refractivity contribution is 7.89. The fourth-order valence-electron chi connectivity index (χ4n) is 3.81. The summed E-state index contributed by atoms with van der Waals surface area (Å²) in [5.41, 5.74) is 2.11. The summed E-state index contributed by atoms with van der Waals surface area (Å²) < 4.78 is 45.0. The van der Waals surface area contributed by atoms with Gasteiger partial charge in [-0.05, 0) is 41.0 Å². The number of carbonyl (C=O) groups excluding carboxylic acids is 1. The van der Waals surface area contributed by atoms with E-state index >= 15 is 0 Å². The third-order valence-electron chi connectivity index (χ3n) is 5.89. The summed E-state index contributed by atoms with van der Waals surface area (Å²) in [6, 6.07) is 29.8. The van der Waals surface area contributed by atoms with Crippen LogP contribution in [-0.2, 0) is 32.8 Å². The summed E-state index contributed by atoms with van der Waals surface area (Å²) in [4.78, 5) is 12.5. The number of hydrogen-bond donors (Lipinski definition) is 2. The van der Waals surface area contributed by atoms with E-state index in [2.05, 4.69) is 4.72 Å². The highest BCUT2D eigenvalue weighted by atomic mass is 32.2. The van der Waals surface area contributed by atoms with Crippen LogP contribution in [0.15, 0.2) is 114 Å². The van der Waals surface area contributed by atoms with Gasteiger partial charge in [0.1, 0.15) is 25.4 Å². The first kappa shape index (κ1) is 27.8. The van der Waals surface area contributed by atoms with Crippen molar-refractivity contribution in [2.24, 2.45) is 0 Å². The van der Waals surface area contributed by atoms with E-state index in [4.69, 9.17) is 14.2 Å². The molecule has 4 aromatic carbocycles. The molecule has 39 heavy (non-hydrogen) atoms. The van der Waals surface area contributed by atoms with Crippen molar-refractivity contribution < 1.29 is 32.5 Å². The summed E-state index contributed by atoms with van der Waals surface area (Å²) in [5, 5.41) is 11.2. The van der Waals surface area contributed by atoms with Gasteiger partial charge >= 0.3 is 5.97 Å². The minimum atomic E-state index is -4.14. The Hall–Kier alpha value is -4.18. The molecule has 0 bridgehead atoms. The quantitative estimate of drug-likeness (QED) is 0.253. The largest absolute Gasteiger partial charge is 0.485 e. The van der Waals surface area contributed by atoms with Gasteiger partial charge in [-0.2, -0.15) is 4.72 Å². The molecule has 0 aromatic heterocycles. The lowest BCUT2D eigenvalue weighted by Gasteiger charge is -2.23. The molecule has 0 aliphatic carbocycles. The van der Waals surface area contributed by atoms with Crippen molar-refractivity contribution in [3.05, 3.63) is 126 Å². The molecule has 0 radical (unpaired) electrons. The molecule has 0 heterocycles. The average molecular weight is 548 g/mol. The standard InChI is InChI=1S/C30H29NO7S/c1-36-30(33)28(31-39(34,35)25-15-9-4-10-16-25)29(32)24-17-18-26(37-20-22-11-5-2-6-12-22)27(19-24)38-21-23-13-7-3-8-14-23/h2-19,28-29,31-32H,20-21H2,1H3. The molecule has 0 aliphatic heterocycles. The molecular weight excluding hydrogens is 518 g/mol. The zero-order valence-corrected chi connectivity index (χ0v) is 22.1. The van der Waals surface area contributed by atoms with Gasteiger partial charge in [0.25, 0.3) is 0 Å². The Morgan fingerprint density at radius 1 is 0.769 bits per heavy atom. The summed E-state index contributed by atoms with van der Waals surface area (Å²) in [6.07, 6.45) is -1.59. The lowest BCUT2D eigenvalue weighted by Crippen LogP contribution is -2.45. The zero-order chi connectivity index (χ0) is 27.7. The number of benzene rings is 4. The van der Waals surface area contributed by atoms with Gasteiger partial charge in [-0.1, -0.05) is 84.9 Å². The molecule has 9 heteroatoms. The molecule has 0 saturated carbocycles. The fourth-order valence-corrected chi connectivity index (χ4v) is 5.02. The van der Waals surface area contributed by atoms with Crippen LogP contribution in [0.25, 0.3) is 0 Å². The molecule has 2 unspecified atom stereocenters. The SMILES string of the molecule is COC(=O)C(NS(=O)(=O)c1ccccc1)C(O)c1ccc(OCc2ccccc2)c(OCc2ccccc2)c1. The Labute approximate surface area is 227 Å². The van der Waals surface area contributed by atoms with E-state index < -0.39 is 28.1 Å². The molecule has 4 aromatic rings. The van der Waals surface area contributed by atoms with Crippen LogP contribution in [0, 0.1) is 0 Å². The summed E-state index contributed by atoms with van der Waals surface area (Å²) in [7, 11) is -3.02. The van der Waals surface area contributed by atoms with Crippen molar-refractivity contribution in [2.45, 2.75) is 30.3 Å². The van der Waals surface area contributed by atoms with Crippen molar-refractivity contribution in [1.29, 1.82) is 0 Å². The highest BCUT2D eigenvalue weighted by Crippen LogP contribution is 2.33. The summed E-state index contributed by atoms with van der Waals surface area (Å²) >= 11 is 0. The Balaban J connectivity index is 1.62. The van der Waals surface area contributed by atoms with Gasteiger partial charge in [0.2, 0.25) is 10.0 Å². The van der Waals surface area contributed by atoms with Crippen molar-refractivity contribution in [2.75, 3.05) is 7.11 Å². The first-order valence-electron chi connectivity index (χ1n) is 12.2. The van der Waals surface area contributed by atoms with Crippen LogP contribution >= 0.6 is 0 Å². The molecule has 0 amide bonds. The fraction of sp³-hybridized carbons (Fsp3) is 0.167. The number of nitrogens with one attached hydrogen (secondary N) is 1. The number of ether oxygens (including phenoxy) is 3. The van der Waals surface area contributed by atoms with Gasteiger partial charge in [-0.25, -0.2) is 8.42 Å². The number of esters is 1. The summed E-state index contributed by atoms with van der Waals surface area (Å²) in [6.45, 7) is 0.509. The molecule has 0 saturated heterocycles. The molecule has 0 aliphatic rings.